The third-order valence-corrected chi connectivity index (χ3v) is 5.42. The Morgan fingerprint density at radius 2 is 1.81 bits per heavy atom. The number of sulfonamides is 1. The van der Waals surface area contributed by atoms with Crippen LogP contribution in [0.2, 0.25) is 0 Å². The van der Waals surface area contributed by atoms with Gasteiger partial charge in [-0.05, 0) is 55.3 Å². The molecule has 0 unspecified atom stereocenters. The van der Waals surface area contributed by atoms with Crippen molar-refractivity contribution >= 4 is 15.9 Å². The molecular weight excluding hydrogens is 364 g/mol. The Morgan fingerprint density at radius 3 is 2.48 bits per heavy atom. The van der Waals surface area contributed by atoms with Crippen molar-refractivity contribution in [1.29, 1.82) is 0 Å². The summed E-state index contributed by atoms with van der Waals surface area (Å²) in [6, 6.07) is 12.0. The van der Waals surface area contributed by atoms with Gasteiger partial charge in [-0.15, -0.1) is 0 Å². The van der Waals surface area contributed by atoms with Crippen molar-refractivity contribution in [1.82, 2.24) is 10.0 Å². The van der Waals surface area contributed by atoms with Gasteiger partial charge in [-0.1, -0.05) is 24.8 Å². The van der Waals surface area contributed by atoms with E-state index in [0.717, 1.165) is 5.56 Å². The minimum absolute atomic E-state index is 0.0992. The van der Waals surface area contributed by atoms with Crippen LogP contribution in [0, 0.1) is 13.8 Å². The summed E-state index contributed by atoms with van der Waals surface area (Å²) in [6.45, 7) is 7.83. The third-order valence-electron chi connectivity index (χ3n) is 3.82. The quantitative estimate of drug-likeness (QED) is 0.511. The summed E-state index contributed by atoms with van der Waals surface area (Å²) >= 11 is 0. The Morgan fingerprint density at radius 1 is 1.11 bits per heavy atom. The second-order valence-electron chi connectivity index (χ2n) is 6.05. The van der Waals surface area contributed by atoms with Crippen molar-refractivity contribution in [3.63, 3.8) is 0 Å². The van der Waals surface area contributed by atoms with E-state index >= 15 is 0 Å². The maximum Gasteiger partial charge on any atom is 0.251 e. The zero-order chi connectivity index (χ0) is 19.9. The number of aryl methyl sites for hydroxylation is 2. The summed E-state index contributed by atoms with van der Waals surface area (Å²) < 4.78 is 32.7. The van der Waals surface area contributed by atoms with E-state index < -0.39 is 10.0 Å². The number of nitrogens with one attached hydrogen (secondary N) is 2. The fraction of sp³-hybridized carbons (Fsp3) is 0.250. The van der Waals surface area contributed by atoms with Crippen LogP contribution < -0.4 is 14.8 Å². The lowest BCUT2D eigenvalue weighted by molar-refractivity contribution is 0.0954. The average Bonchev–Trinajstić information content (AvgIpc) is 2.65. The molecule has 0 heterocycles. The lowest BCUT2D eigenvalue weighted by Crippen LogP contribution is -2.35. The van der Waals surface area contributed by atoms with Gasteiger partial charge < -0.3 is 10.1 Å². The first-order chi connectivity index (χ1) is 12.8. The Hall–Kier alpha value is -2.64. The van der Waals surface area contributed by atoms with E-state index in [4.69, 9.17) is 4.74 Å². The Bertz CT molecular complexity index is 906. The van der Waals surface area contributed by atoms with E-state index in [1.807, 2.05) is 13.0 Å². The number of hydrogen-bond donors (Lipinski definition) is 2. The lowest BCUT2D eigenvalue weighted by atomic mass is 10.2. The highest BCUT2D eigenvalue weighted by Crippen LogP contribution is 2.16. The van der Waals surface area contributed by atoms with Gasteiger partial charge in [-0.3, -0.25) is 4.79 Å². The second kappa shape index (κ2) is 9.34. The van der Waals surface area contributed by atoms with Crippen molar-refractivity contribution in [3.8, 4) is 5.75 Å². The van der Waals surface area contributed by atoms with Gasteiger partial charge in [-0.2, -0.15) is 0 Å². The van der Waals surface area contributed by atoms with Crippen LogP contribution in [0.25, 0.3) is 0 Å². The van der Waals surface area contributed by atoms with Crippen LogP contribution in [0.15, 0.2) is 60.0 Å². The second-order valence-corrected chi connectivity index (χ2v) is 7.78. The van der Waals surface area contributed by atoms with Crippen molar-refractivity contribution in [3.05, 3.63) is 71.8 Å². The summed E-state index contributed by atoms with van der Waals surface area (Å²) in [5.74, 6) is 0.365. The number of carbonyl (C=O) groups is 1. The molecule has 2 rings (SSSR count). The normalized spacial score (nSPS) is 11.0. The van der Waals surface area contributed by atoms with Gasteiger partial charge in [0.25, 0.3) is 5.91 Å². The molecule has 6 nitrogen and oxygen atoms in total. The van der Waals surface area contributed by atoms with Gasteiger partial charge in [0.2, 0.25) is 10.0 Å². The van der Waals surface area contributed by atoms with Gasteiger partial charge in [0, 0.05) is 18.7 Å². The Balaban J connectivity index is 1.86. The third kappa shape index (κ3) is 5.94. The van der Waals surface area contributed by atoms with Crippen LogP contribution in [0.4, 0.5) is 0 Å². The summed E-state index contributed by atoms with van der Waals surface area (Å²) in [4.78, 5) is 12.4. The zero-order valence-electron chi connectivity index (χ0n) is 15.5. The molecule has 0 aromatic heterocycles. The minimum Gasteiger partial charge on any atom is -0.490 e. The fourth-order valence-corrected chi connectivity index (χ4v) is 3.76. The van der Waals surface area contributed by atoms with Crippen molar-refractivity contribution in [2.75, 3.05) is 19.7 Å². The molecule has 0 saturated heterocycles. The van der Waals surface area contributed by atoms with Crippen LogP contribution in [0.5, 0.6) is 5.75 Å². The molecule has 0 aliphatic heterocycles. The maximum absolute atomic E-state index is 12.4. The smallest absolute Gasteiger partial charge is 0.251 e. The number of amides is 1. The van der Waals surface area contributed by atoms with Crippen LogP contribution in [-0.4, -0.2) is 34.0 Å². The molecule has 144 valence electrons. The SMILES string of the molecule is C=CCOc1ccc(C(=O)NCCNS(=O)(=O)c2cc(C)ccc2C)cc1. The monoisotopic (exact) mass is 388 g/mol. The predicted molar refractivity (Wildman–Crippen MR) is 106 cm³/mol. The topological polar surface area (TPSA) is 84.5 Å². The number of hydrogen-bond acceptors (Lipinski definition) is 4. The highest BCUT2D eigenvalue weighted by atomic mass is 32.2. The molecule has 0 fully saturated rings. The molecule has 27 heavy (non-hydrogen) atoms. The minimum atomic E-state index is -3.62. The highest BCUT2D eigenvalue weighted by Gasteiger charge is 2.16. The first-order valence-corrected chi connectivity index (χ1v) is 10.0. The Kier molecular flexibility index (Phi) is 7.15. The van der Waals surface area contributed by atoms with E-state index in [0.29, 0.717) is 23.5 Å². The number of carbonyl (C=O) groups excluding carboxylic acids is 1. The molecule has 0 spiro atoms. The molecule has 0 bridgehead atoms. The summed E-state index contributed by atoms with van der Waals surface area (Å²) in [7, 11) is -3.62. The maximum atomic E-state index is 12.4. The van der Waals surface area contributed by atoms with Crippen molar-refractivity contribution in [2.45, 2.75) is 18.7 Å². The first-order valence-electron chi connectivity index (χ1n) is 8.52. The molecule has 2 aromatic rings. The first kappa shape index (κ1) is 20.7. The molecule has 2 N–H and O–H groups in total. The average molecular weight is 388 g/mol. The largest absolute Gasteiger partial charge is 0.490 e. The van der Waals surface area contributed by atoms with Gasteiger partial charge >= 0.3 is 0 Å². The molecule has 0 atom stereocenters. The van der Waals surface area contributed by atoms with Crippen LogP contribution in [-0.2, 0) is 10.0 Å². The van der Waals surface area contributed by atoms with E-state index in [-0.39, 0.29) is 23.9 Å². The van der Waals surface area contributed by atoms with Crippen LogP contribution in [0.3, 0.4) is 0 Å². The molecule has 2 aromatic carbocycles. The number of benzene rings is 2. The Labute approximate surface area is 160 Å². The molecule has 0 saturated carbocycles. The molecule has 0 aliphatic carbocycles. The van der Waals surface area contributed by atoms with Crippen molar-refractivity contribution < 1.29 is 17.9 Å². The van der Waals surface area contributed by atoms with E-state index in [9.17, 15) is 13.2 Å². The van der Waals surface area contributed by atoms with Gasteiger partial charge in [-0.25, -0.2) is 13.1 Å². The molecule has 0 radical (unpaired) electrons. The number of rotatable bonds is 9. The van der Waals surface area contributed by atoms with E-state index in [1.165, 1.54) is 0 Å². The standard InChI is InChI=1S/C20H24N2O4S/c1-4-13-26-18-9-7-17(8-10-18)20(23)21-11-12-22-27(24,25)19-14-15(2)5-6-16(19)3/h4-10,14,22H,1,11-13H2,2-3H3,(H,21,23). The molecular formula is C20H24N2O4S. The lowest BCUT2D eigenvalue weighted by Gasteiger charge is -2.11. The van der Waals surface area contributed by atoms with Crippen molar-refractivity contribution in [2.24, 2.45) is 0 Å². The zero-order valence-corrected chi connectivity index (χ0v) is 16.3. The van der Waals surface area contributed by atoms with Gasteiger partial charge in [0.05, 0.1) is 4.90 Å². The molecule has 1 amide bonds. The van der Waals surface area contributed by atoms with E-state index in [2.05, 4.69) is 16.6 Å². The summed E-state index contributed by atoms with van der Waals surface area (Å²) in [5.41, 5.74) is 2.02. The number of ether oxygens (including phenoxy) is 1. The summed E-state index contributed by atoms with van der Waals surface area (Å²) in [5, 5.41) is 2.69. The van der Waals surface area contributed by atoms with Gasteiger partial charge in [0.1, 0.15) is 12.4 Å². The van der Waals surface area contributed by atoms with Gasteiger partial charge in [0.15, 0.2) is 0 Å². The fourth-order valence-electron chi connectivity index (χ4n) is 2.40. The molecule has 7 heteroatoms. The predicted octanol–water partition coefficient (Wildman–Crippen LogP) is 2.58. The molecule has 0 aliphatic rings. The summed E-state index contributed by atoms with van der Waals surface area (Å²) in [6.07, 6.45) is 1.64. The highest BCUT2D eigenvalue weighted by molar-refractivity contribution is 7.89. The van der Waals surface area contributed by atoms with Crippen LogP contribution >= 0.6 is 0 Å². The van der Waals surface area contributed by atoms with E-state index in [1.54, 1.807) is 49.4 Å². The van der Waals surface area contributed by atoms with Crippen LogP contribution in [0.1, 0.15) is 21.5 Å².